The van der Waals surface area contributed by atoms with Gasteiger partial charge >= 0.3 is 0 Å². The van der Waals surface area contributed by atoms with Gasteiger partial charge in [0, 0.05) is 4.88 Å². The van der Waals surface area contributed by atoms with Crippen molar-refractivity contribution in [3.05, 3.63) is 22.4 Å². The van der Waals surface area contributed by atoms with Crippen LogP contribution in [0, 0.1) is 11.3 Å². The van der Waals surface area contributed by atoms with E-state index in [1.165, 1.54) is 4.88 Å². The molecule has 1 aliphatic rings. The number of thiophene rings is 1. The van der Waals surface area contributed by atoms with Crippen molar-refractivity contribution in [2.45, 2.75) is 52.7 Å². The normalized spacial score (nSPS) is 20.2. The van der Waals surface area contributed by atoms with Gasteiger partial charge in [0.1, 0.15) is 0 Å². The molecular formula is C18H30N2O2S. The zero-order valence-electron chi connectivity index (χ0n) is 14.7. The number of hydrogen-bond donors (Lipinski definition) is 2. The number of nitrogens with zero attached hydrogens (tertiary/aromatic N) is 1. The average molecular weight is 339 g/mol. The molecular weight excluding hydrogens is 308 g/mol. The summed E-state index contributed by atoms with van der Waals surface area (Å²) in [6.45, 7) is 10.6. The Kier molecular flexibility index (Phi) is 6.23. The number of aliphatic hydroxyl groups is 1. The van der Waals surface area contributed by atoms with Gasteiger partial charge in [0.05, 0.1) is 18.7 Å². The molecule has 0 bridgehead atoms. The van der Waals surface area contributed by atoms with Crippen LogP contribution in [0.25, 0.3) is 0 Å². The van der Waals surface area contributed by atoms with Crippen LogP contribution in [-0.4, -0.2) is 41.7 Å². The van der Waals surface area contributed by atoms with Gasteiger partial charge in [0.2, 0.25) is 5.91 Å². The molecule has 0 saturated carbocycles. The molecule has 2 unspecified atom stereocenters. The van der Waals surface area contributed by atoms with Crippen molar-refractivity contribution in [3.63, 3.8) is 0 Å². The Morgan fingerprint density at radius 3 is 2.57 bits per heavy atom. The van der Waals surface area contributed by atoms with Crippen molar-refractivity contribution in [3.8, 4) is 0 Å². The first-order valence-electron chi connectivity index (χ1n) is 8.50. The summed E-state index contributed by atoms with van der Waals surface area (Å²) in [5.41, 5.74) is -0.0141. The van der Waals surface area contributed by atoms with Crippen molar-refractivity contribution in [1.29, 1.82) is 0 Å². The summed E-state index contributed by atoms with van der Waals surface area (Å²) in [4.78, 5) is 15.9. The van der Waals surface area contributed by atoms with E-state index in [2.05, 4.69) is 42.4 Å². The van der Waals surface area contributed by atoms with E-state index in [-0.39, 0.29) is 23.5 Å². The summed E-state index contributed by atoms with van der Waals surface area (Å²) < 4.78 is 0. The highest BCUT2D eigenvalue weighted by Crippen LogP contribution is 2.35. The van der Waals surface area contributed by atoms with Crippen LogP contribution >= 0.6 is 11.3 Å². The van der Waals surface area contributed by atoms with E-state index in [4.69, 9.17) is 0 Å². The molecule has 1 amide bonds. The highest BCUT2D eigenvalue weighted by Gasteiger charge is 2.30. The number of piperidine rings is 1. The summed E-state index contributed by atoms with van der Waals surface area (Å²) in [6, 6.07) is 4.17. The molecule has 0 radical (unpaired) electrons. The Bertz CT molecular complexity index is 486. The number of carbonyl (C=O) groups is 1. The first-order valence-corrected chi connectivity index (χ1v) is 9.38. The van der Waals surface area contributed by atoms with Gasteiger partial charge in [-0.3, -0.25) is 9.69 Å². The van der Waals surface area contributed by atoms with Crippen LogP contribution in [0.1, 0.15) is 51.5 Å². The first-order chi connectivity index (χ1) is 10.8. The van der Waals surface area contributed by atoms with E-state index in [1.54, 1.807) is 11.3 Å². The van der Waals surface area contributed by atoms with Crippen molar-refractivity contribution in [1.82, 2.24) is 10.2 Å². The van der Waals surface area contributed by atoms with Gasteiger partial charge in [-0.15, -0.1) is 11.3 Å². The second kappa shape index (κ2) is 7.77. The zero-order valence-corrected chi connectivity index (χ0v) is 15.5. The molecule has 1 fully saturated rings. The third-order valence-corrected chi connectivity index (χ3v) is 5.62. The lowest BCUT2D eigenvalue weighted by molar-refractivity contribution is -0.124. The second-order valence-electron chi connectivity index (χ2n) is 7.74. The third kappa shape index (κ3) is 5.30. The third-order valence-electron chi connectivity index (χ3n) is 4.68. The predicted octanol–water partition coefficient (Wildman–Crippen LogP) is 3.04. The van der Waals surface area contributed by atoms with Crippen LogP contribution in [0.4, 0.5) is 0 Å². The monoisotopic (exact) mass is 338 g/mol. The Balaban J connectivity index is 1.88. The van der Waals surface area contributed by atoms with Crippen LogP contribution in [0.5, 0.6) is 0 Å². The fraction of sp³-hybridized carbons (Fsp3) is 0.722. The smallest absolute Gasteiger partial charge is 0.234 e. The Hall–Kier alpha value is -0.910. The summed E-state index contributed by atoms with van der Waals surface area (Å²) in [7, 11) is 0. The number of nitrogens with one attached hydrogen (secondary N) is 1. The summed E-state index contributed by atoms with van der Waals surface area (Å²) in [5.74, 6) is 0.469. The van der Waals surface area contributed by atoms with Gasteiger partial charge in [-0.2, -0.15) is 0 Å². The fourth-order valence-corrected chi connectivity index (χ4v) is 4.19. The largest absolute Gasteiger partial charge is 0.393 e. The number of carbonyl (C=O) groups excluding carboxylic acids is 1. The van der Waals surface area contributed by atoms with E-state index in [0.29, 0.717) is 12.5 Å². The van der Waals surface area contributed by atoms with Gasteiger partial charge in [-0.1, -0.05) is 26.8 Å². The van der Waals surface area contributed by atoms with Crippen molar-refractivity contribution < 1.29 is 9.90 Å². The summed E-state index contributed by atoms with van der Waals surface area (Å²) in [6.07, 6.45) is 1.70. The SMILES string of the molecule is CC(O)C1CCN(CC(=O)NC(c2cccs2)C(C)(C)C)CC1. The van der Waals surface area contributed by atoms with E-state index >= 15 is 0 Å². The quantitative estimate of drug-likeness (QED) is 0.867. The Morgan fingerprint density at radius 2 is 2.09 bits per heavy atom. The topological polar surface area (TPSA) is 52.6 Å². The Morgan fingerprint density at radius 1 is 1.43 bits per heavy atom. The number of likely N-dealkylation sites (tertiary alicyclic amines) is 1. The van der Waals surface area contributed by atoms with Crippen molar-refractivity contribution >= 4 is 17.2 Å². The highest BCUT2D eigenvalue weighted by molar-refractivity contribution is 7.10. The summed E-state index contributed by atoms with van der Waals surface area (Å²) >= 11 is 1.69. The molecule has 0 spiro atoms. The van der Waals surface area contributed by atoms with Crippen LogP contribution in [0.3, 0.4) is 0 Å². The van der Waals surface area contributed by atoms with Gasteiger partial charge in [0.15, 0.2) is 0 Å². The predicted molar refractivity (Wildman–Crippen MR) is 95.5 cm³/mol. The van der Waals surface area contributed by atoms with Crippen LogP contribution in [0.2, 0.25) is 0 Å². The lowest BCUT2D eigenvalue weighted by Gasteiger charge is -2.34. The minimum absolute atomic E-state index is 0.0141. The molecule has 2 atom stereocenters. The van der Waals surface area contributed by atoms with Crippen LogP contribution in [-0.2, 0) is 4.79 Å². The highest BCUT2D eigenvalue weighted by atomic mass is 32.1. The van der Waals surface area contributed by atoms with E-state index in [0.717, 1.165) is 25.9 Å². The lowest BCUT2D eigenvalue weighted by atomic mass is 9.85. The fourth-order valence-electron chi connectivity index (χ4n) is 3.17. The van der Waals surface area contributed by atoms with E-state index in [9.17, 15) is 9.90 Å². The molecule has 4 nitrogen and oxygen atoms in total. The molecule has 5 heteroatoms. The first kappa shape index (κ1) is 18.4. The molecule has 130 valence electrons. The Labute approximate surface area is 143 Å². The molecule has 1 aliphatic heterocycles. The maximum atomic E-state index is 12.5. The molecule has 1 aromatic rings. The molecule has 2 heterocycles. The molecule has 23 heavy (non-hydrogen) atoms. The minimum Gasteiger partial charge on any atom is -0.393 e. The molecule has 2 rings (SSSR count). The maximum absolute atomic E-state index is 12.5. The summed E-state index contributed by atoms with van der Waals surface area (Å²) in [5, 5.41) is 14.9. The van der Waals surface area contributed by atoms with Gasteiger partial charge in [-0.05, 0) is 55.6 Å². The standard InChI is InChI=1S/C18H30N2O2S/c1-13(21)14-7-9-20(10-8-14)12-16(22)19-17(18(2,3)4)15-6-5-11-23-15/h5-6,11,13-14,17,21H,7-10,12H2,1-4H3,(H,19,22). The van der Waals surface area contributed by atoms with Crippen LogP contribution < -0.4 is 5.32 Å². The number of hydrogen-bond acceptors (Lipinski definition) is 4. The zero-order chi connectivity index (χ0) is 17.0. The second-order valence-corrected chi connectivity index (χ2v) is 8.72. The number of aliphatic hydroxyl groups excluding tert-OH is 1. The molecule has 1 aromatic heterocycles. The van der Waals surface area contributed by atoms with Crippen LogP contribution in [0.15, 0.2) is 17.5 Å². The van der Waals surface area contributed by atoms with Gasteiger partial charge in [-0.25, -0.2) is 0 Å². The molecule has 2 N–H and O–H groups in total. The molecule has 0 aromatic carbocycles. The molecule has 1 saturated heterocycles. The number of rotatable bonds is 5. The minimum atomic E-state index is -0.241. The molecule has 0 aliphatic carbocycles. The van der Waals surface area contributed by atoms with Crippen molar-refractivity contribution in [2.75, 3.05) is 19.6 Å². The lowest BCUT2D eigenvalue weighted by Crippen LogP contribution is -2.45. The number of amides is 1. The van der Waals surface area contributed by atoms with Crippen molar-refractivity contribution in [2.24, 2.45) is 11.3 Å². The van der Waals surface area contributed by atoms with Gasteiger partial charge < -0.3 is 10.4 Å². The van der Waals surface area contributed by atoms with E-state index < -0.39 is 0 Å². The van der Waals surface area contributed by atoms with E-state index in [1.807, 2.05) is 13.0 Å². The maximum Gasteiger partial charge on any atom is 0.234 e. The average Bonchev–Trinajstić information content (AvgIpc) is 2.98. The van der Waals surface area contributed by atoms with Gasteiger partial charge in [0.25, 0.3) is 0 Å².